The Labute approximate surface area is 214 Å². The lowest BCUT2D eigenvalue weighted by Crippen LogP contribution is -2.33. The third kappa shape index (κ3) is 9.00. The molecule has 0 aliphatic heterocycles. The fourth-order valence-corrected chi connectivity index (χ4v) is 2.97. The van der Waals surface area contributed by atoms with Crippen LogP contribution in [0.1, 0.15) is 31.9 Å². The number of nitrogens with two attached hydrogens (primary N) is 1. The van der Waals surface area contributed by atoms with Crippen LogP contribution in [0.15, 0.2) is 36.7 Å². The normalized spacial score (nSPS) is 11.0. The van der Waals surface area contributed by atoms with Gasteiger partial charge in [-0.25, -0.2) is 4.79 Å². The molecule has 14 nitrogen and oxygen atoms in total. The summed E-state index contributed by atoms with van der Waals surface area (Å²) < 4.78 is 5.16. The lowest BCUT2D eigenvalue weighted by molar-refractivity contribution is 0.0528. The largest absolute Gasteiger partial charge is 0.444 e. The minimum Gasteiger partial charge on any atom is -0.444 e. The van der Waals surface area contributed by atoms with Crippen LogP contribution in [0.5, 0.6) is 0 Å². The highest BCUT2D eigenvalue weighted by molar-refractivity contribution is 5.67. The van der Waals surface area contributed by atoms with Gasteiger partial charge >= 0.3 is 6.09 Å². The monoisotopic (exact) mass is 508 g/mol. The third-order valence-electron chi connectivity index (χ3n) is 4.64. The molecule has 0 saturated heterocycles. The van der Waals surface area contributed by atoms with Crippen molar-refractivity contribution in [3.05, 3.63) is 47.8 Å². The molecular formula is C23H32N12O2. The number of nitrogens with zero attached hydrogens (tertiary/aromatic N) is 10. The number of aryl methyl sites for hydroxylation is 2. The number of carbonyl (C=O) groups is 1. The average Bonchev–Trinajstić information content (AvgIpc) is 3.48. The standard InChI is InChI=1S/C14H20N6O2.C9H12N6/c1-14(2,3)22-13(21)15-8-7-10-5-6-11(16-9-10)12-17-19-20(4)18-12;1-15-13-9(12-14-15)8-3-2-7(4-5-10)6-11-8/h5-6,9H,7-8H2,1-4H3,(H,15,21);2-3,6H,4-5,10H2,1H3. The summed E-state index contributed by atoms with van der Waals surface area (Å²) in [6.45, 7) is 6.60. The van der Waals surface area contributed by atoms with E-state index in [1.807, 2.05) is 45.0 Å². The van der Waals surface area contributed by atoms with Crippen molar-refractivity contribution in [3.8, 4) is 23.0 Å². The van der Waals surface area contributed by atoms with Crippen molar-refractivity contribution in [3.63, 3.8) is 0 Å². The summed E-state index contributed by atoms with van der Waals surface area (Å²) in [6.07, 6.45) is 4.61. The number of pyridine rings is 2. The molecule has 0 spiro atoms. The van der Waals surface area contributed by atoms with Gasteiger partial charge in [-0.15, -0.1) is 20.4 Å². The lowest BCUT2D eigenvalue weighted by atomic mass is 10.2. The van der Waals surface area contributed by atoms with E-state index in [1.165, 1.54) is 9.59 Å². The molecule has 0 fully saturated rings. The Morgan fingerprint density at radius 2 is 1.41 bits per heavy atom. The van der Waals surface area contributed by atoms with E-state index >= 15 is 0 Å². The molecule has 0 aromatic carbocycles. The predicted molar refractivity (Wildman–Crippen MR) is 135 cm³/mol. The second kappa shape index (κ2) is 12.6. The molecule has 4 aromatic rings. The van der Waals surface area contributed by atoms with Crippen LogP contribution in [-0.2, 0) is 31.7 Å². The van der Waals surface area contributed by atoms with Gasteiger partial charge in [-0.1, -0.05) is 12.1 Å². The highest BCUT2D eigenvalue weighted by Gasteiger charge is 2.15. The maximum atomic E-state index is 11.5. The molecule has 0 bridgehead atoms. The van der Waals surface area contributed by atoms with Crippen LogP contribution in [0.4, 0.5) is 4.79 Å². The van der Waals surface area contributed by atoms with Crippen molar-refractivity contribution in [2.75, 3.05) is 13.1 Å². The second-order valence-electron chi connectivity index (χ2n) is 9.03. The highest BCUT2D eigenvalue weighted by Crippen LogP contribution is 2.12. The van der Waals surface area contributed by atoms with Crippen molar-refractivity contribution in [2.24, 2.45) is 19.8 Å². The number of carbonyl (C=O) groups excluding carboxylic acids is 1. The van der Waals surface area contributed by atoms with Gasteiger partial charge < -0.3 is 15.8 Å². The van der Waals surface area contributed by atoms with Crippen LogP contribution in [0.3, 0.4) is 0 Å². The minimum absolute atomic E-state index is 0.416. The number of ether oxygens (including phenoxy) is 1. The molecule has 14 heteroatoms. The van der Waals surface area contributed by atoms with Crippen molar-refractivity contribution in [1.82, 2.24) is 55.7 Å². The first-order valence-corrected chi connectivity index (χ1v) is 11.7. The van der Waals surface area contributed by atoms with Gasteiger partial charge in [-0.05, 0) is 73.8 Å². The molecule has 196 valence electrons. The van der Waals surface area contributed by atoms with E-state index in [9.17, 15) is 4.79 Å². The van der Waals surface area contributed by atoms with Crippen molar-refractivity contribution < 1.29 is 9.53 Å². The Balaban J connectivity index is 0.000000220. The molecule has 0 atom stereocenters. The van der Waals surface area contributed by atoms with Crippen molar-refractivity contribution in [1.29, 1.82) is 0 Å². The number of alkyl carbamates (subject to hydrolysis) is 1. The molecule has 0 aliphatic carbocycles. The number of aromatic nitrogens is 10. The summed E-state index contributed by atoms with van der Waals surface area (Å²) >= 11 is 0. The van der Waals surface area contributed by atoms with Gasteiger partial charge in [-0.3, -0.25) is 9.97 Å². The molecule has 4 heterocycles. The van der Waals surface area contributed by atoms with Gasteiger partial charge in [-0.2, -0.15) is 9.59 Å². The lowest BCUT2D eigenvalue weighted by Gasteiger charge is -2.19. The summed E-state index contributed by atoms with van der Waals surface area (Å²) in [7, 11) is 3.42. The van der Waals surface area contributed by atoms with Crippen LogP contribution in [0.2, 0.25) is 0 Å². The Bertz CT molecular complexity index is 1260. The maximum absolute atomic E-state index is 11.5. The zero-order chi connectivity index (χ0) is 26.8. The van der Waals surface area contributed by atoms with E-state index in [2.05, 4.69) is 46.1 Å². The van der Waals surface area contributed by atoms with Crippen LogP contribution in [0, 0.1) is 0 Å². The van der Waals surface area contributed by atoms with E-state index < -0.39 is 11.7 Å². The van der Waals surface area contributed by atoms with Crippen LogP contribution in [-0.4, -0.2) is 75.2 Å². The van der Waals surface area contributed by atoms with Gasteiger partial charge in [0.05, 0.1) is 14.1 Å². The Morgan fingerprint density at radius 3 is 1.78 bits per heavy atom. The smallest absolute Gasteiger partial charge is 0.407 e. The zero-order valence-corrected chi connectivity index (χ0v) is 21.7. The first kappa shape index (κ1) is 27.3. The third-order valence-corrected chi connectivity index (χ3v) is 4.64. The van der Waals surface area contributed by atoms with Crippen LogP contribution in [0.25, 0.3) is 23.0 Å². The number of hydrogen-bond acceptors (Lipinski definition) is 11. The molecule has 1 amide bonds. The van der Waals surface area contributed by atoms with E-state index in [-0.39, 0.29) is 0 Å². The van der Waals surface area contributed by atoms with Gasteiger partial charge in [0.15, 0.2) is 0 Å². The molecule has 0 aliphatic rings. The predicted octanol–water partition coefficient (Wildman–Crippen LogP) is 1.11. The highest BCUT2D eigenvalue weighted by atomic mass is 16.6. The SMILES string of the molecule is Cn1nnc(-c2ccc(CCN)cn2)n1.Cn1nnc(-c2ccc(CCNC(=O)OC(C)(C)C)cn2)n1. The van der Waals surface area contributed by atoms with E-state index in [0.29, 0.717) is 36.9 Å². The first-order chi connectivity index (χ1) is 17.6. The van der Waals surface area contributed by atoms with Crippen LogP contribution < -0.4 is 11.1 Å². The fourth-order valence-electron chi connectivity index (χ4n) is 2.97. The summed E-state index contributed by atoms with van der Waals surface area (Å²) in [4.78, 5) is 22.9. The number of amides is 1. The summed E-state index contributed by atoms with van der Waals surface area (Å²) in [5.74, 6) is 1.03. The molecule has 37 heavy (non-hydrogen) atoms. The van der Waals surface area contributed by atoms with Crippen LogP contribution >= 0.6 is 0 Å². The van der Waals surface area contributed by atoms with E-state index in [0.717, 1.165) is 23.2 Å². The molecule has 4 rings (SSSR count). The summed E-state index contributed by atoms with van der Waals surface area (Å²) in [6, 6.07) is 7.61. The van der Waals surface area contributed by atoms with Crippen molar-refractivity contribution in [2.45, 2.75) is 39.2 Å². The zero-order valence-electron chi connectivity index (χ0n) is 21.7. The molecule has 0 saturated carbocycles. The Morgan fingerprint density at radius 1 is 0.892 bits per heavy atom. The van der Waals surface area contributed by atoms with E-state index in [1.54, 1.807) is 26.5 Å². The fraction of sp³-hybridized carbons (Fsp3) is 0.435. The Kier molecular flexibility index (Phi) is 9.27. The molecule has 0 unspecified atom stereocenters. The summed E-state index contributed by atoms with van der Waals surface area (Å²) in [5.41, 5.74) is 8.47. The molecule has 3 N–H and O–H groups in total. The van der Waals surface area contributed by atoms with Gasteiger partial charge in [0.25, 0.3) is 0 Å². The Hall–Kier alpha value is -4.33. The quantitative estimate of drug-likeness (QED) is 0.365. The second-order valence-corrected chi connectivity index (χ2v) is 9.03. The molecule has 4 aromatic heterocycles. The van der Waals surface area contributed by atoms with Gasteiger partial charge in [0.1, 0.15) is 17.0 Å². The van der Waals surface area contributed by atoms with Crippen molar-refractivity contribution >= 4 is 6.09 Å². The molecule has 0 radical (unpaired) electrons. The number of tetrazole rings is 2. The van der Waals surface area contributed by atoms with Gasteiger partial charge in [0.2, 0.25) is 11.6 Å². The average molecular weight is 509 g/mol. The van der Waals surface area contributed by atoms with Gasteiger partial charge in [0, 0.05) is 18.9 Å². The summed E-state index contributed by atoms with van der Waals surface area (Å²) in [5, 5.41) is 26.2. The maximum Gasteiger partial charge on any atom is 0.407 e. The number of hydrogen-bond donors (Lipinski definition) is 2. The topological polar surface area (TPSA) is 177 Å². The first-order valence-electron chi connectivity index (χ1n) is 11.7. The number of nitrogens with one attached hydrogen (secondary N) is 1. The minimum atomic E-state index is -0.489. The molecular weight excluding hydrogens is 476 g/mol. The van der Waals surface area contributed by atoms with E-state index in [4.69, 9.17) is 10.5 Å². The number of rotatable bonds is 7.